The van der Waals surface area contributed by atoms with E-state index in [4.69, 9.17) is 4.74 Å². The highest BCUT2D eigenvalue weighted by Gasteiger charge is 2.07. The van der Waals surface area contributed by atoms with Crippen molar-refractivity contribution >= 4 is 23.5 Å². The maximum Gasteiger partial charge on any atom is 0.321 e. The summed E-state index contributed by atoms with van der Waals surface area (Å²) in [6, 6.07) is 5.98. The van der Waals surface area contributed by atoms with Gasteiger partial charge in [-0.2, -0.15) is 0 Å². The van der Waals surface area contributed by atoms with Crippen LogP contribution in [-0.4, -0.2) is 31.0 Å². The Hall–Kier alpha value is -2.57. The van der Waals surface area contributed by atoms with Crippen LogP contribution < -0.4 is 20.7 Å². The number of imide groups is 1. The number of benzene rings is 1. The van der Waals surface area contributed by atoms with Crippen molar-refractivity contribution in [3.05, 3.63) is 24.3 Å². The van der Waals surface area contributed by atoms with Gasteiger partial charge in [-0.15, -0.1) is 0 Å². The third-order valence-corrected chi connectivity index (χ3v) is 2.13. The summed E-state index contributed by atoms with van der Waals surface area (Å²) in [5.41, 5.74) is 0.636. The molecule has 0 fully saturated rings. The van der Waals surface area contributed by atoms with Crippen molar-refractivity contribution in [1.29, 1.82) is 0 Å². The lowest BCUT2D eigenvalue weighted by molar-refractivity contribution is -0.122. The van der Waals surface area contributed by atoms with Gasteiger partial charge in [-0.25, -0.2) is 4.79 Å². The number of urea groups is 1. The first-order valence-electron chi connectivity index (χ1n) is 6.09. The summed E-state index contributed by atoms with van der Waals surface area (Å²) < 4.78 is 5.20. The van der Waals surface area contributed by atoms with Gasteiger partial charge in [0.25, 0.3) is 5.91 Å². The monoisotopic (exact) mass is 279 g/mol. The molecule has 4 amide bonds. The highest BCUT2D eigenvalue weighted by Crippen LogP contribution is 2.15. The fourth-order valence-corrected chi connectivity index (χ4v) is 1.35. The molecule has 7 heteroatoms. The molecule has 0 radical (unpaired) electrons. The molecule has 1 aromatic rings. The first-order chi connectivity index (χ1) is 9.51. The first kappa shape index (κ1) is 15.5. The summed E-state index contributed by atoms with van der Waals surface area (Å²) in [6.07, 6.45) is 0. The van der Waals surface area contributed by atoms with E-state index in [1.54, 1.807) is 31.2 Å². The van der Waals surface area contributed by atoms with E-state index >= 15 is 0 Å². The smallest absolute Gasteiger partial charge is 0.321 e. The summed E-state index contributed by atoms with van der Waals surface area (Å²) >= 11 is 0. The van der Waals surface area contributed by atoms with E-state index in [0.29, 0.717) is 18.0 Å². The normalized spacial score (nSPS) is 9.50. The Labute approximate surface area is 116 Å². The van der Waals surface area contributed by atoms with E-state index in [0.717, 1.165) is 0 Å². The summed E-state index contributed by atoms with van der Waals surface area (Å²) in [5, 5.41) is 7.16. The minimum Gasteiger partial charge on any atom is -0.484 e. The van der Waals surface area contributed by atoms with Crippen LogP contribution in [-0.2, 0) is 9.59 Å². The maximum atomic E-state index is 11.4. The number of rotatable bonds is 5. The Morgan fingerprint density at radius 1 is 1.15 bits per heavy atom. The van der Waals surface area contributed by atoms with Gasteiger partial charge in [0.15, 0.2) is 6.61 Å². The van der Waals surface area contributed by atoms with Crippen LogP contribution in [0.25, 0.3) is 0 Å². The highest BCUT2D eigenvalue weighted by molar-refractivity contribution is 5.95. The number of hydrogen-bond donors (Lipinski definition) is 3. The number of nitrogens with one attached hydrogen (secondary N) is 3. The van der Waals surface area contributed by atoms with Crippen molar-refractivity contribution in [2.75, 3.05) is 18.5 Å². The van der Waals surface area contributed by atoms with Gasteiger partial charge in [0, 0.05) is 19.2 Å². The third-order valence-electron chi connectivity index (χ3n) is 2.13. The fourth-order valence-electron chi connectivity index (χ4n) is 1.35. The van der Waals surface area contributed by atoms with Crippen LogP contribution in [0.4, 0.5) is 10.5 Å². The summed E-state index contributed by atoms with van der Waals surface area (Å²) in [6.45, 7) is 3.33. The number of hydrogen-bond acceptors (Lipinski definition) is 4. The van der Waals surface area contributed by atoms with Crippen LogP contribution in [0.1, 0.15) is 13.8 Å². The molecule has 0 saturated carbocycles. The van der Waals surface area contributed by atoms with E-state index < -0.39 is 11.9 Å². The number of carbonyl (C=O) groups excluding carboxylic acids is 3. The van der Waals surface area contributed by atoms with Crippen molar-refractivity contribution in [3.8, 4) is 5.75 Å². The zero-order chi connectivity index (χ0) is 15.0. The number of carbonyl (C=O) groups is 3. The summed E-state index contributed by atoms with van der Waals surface area (Å²) in [5.74, 6) is -0.243. The lowest BCUT2D eigenvalue weighted by Crippen LogP contribution is -2.41. The van der Waals surface area contributed by atoms with Crippen molar-refractivity contribution in [3.63, 3.8) is 0 Å². The fraction of sp³-hybridized carbons (Fsp3) is 0.308. The predicted molar refractivity (Wildman–Crippen MR) is 73.5 cm³/mol. The average Bonchev–Trinajstić information content (AvgIpc) is 2.37. The number of ether oxygens (including phenoxy) is 1. The van der Waals surface area contributed by atoms with Gasteiger partial charge >= 0.3 is 6.03 Å². The predicted octanol–water partition coefficient (Wildman–Crippen LogP) is 0.869. The topological polar surface area (TPSA) is 96.5 Å². The van der Waals surface area contributed by atoms with Crippen molar-refractivity contribution in [2.24, 2.45) is 0 Å². The van der Waals surface area contributed by atoms with Crippen LogP contribution in [0.3, 0.4) is 0 Å². The Bertz CT molecular complexity index is 485. The van der Waals surface area contributed by atoms with E-state index in [2.05, 4.69) is 16.0 Å². The van der Waals surface area contributed by atoms with Crippen molar-refractivity contribution in [1.82, 2.24) is 10.6 Å². The minimum absolute atomic E-state index is 0.167. The van der Waals surface area contributed by atoms with E-state index in [1.807, 2.05) is 0 Å². The minimum atomic E-state index is -0.554. The highest BCUT2D eigenvalue weighted by atomic mass is 16.5. The van der Waals surface area contributed by atoms with Gasteiger partial charge in [-0.1, -0.05) is 0 Å². The molecule has 20 heavy (non-hydrogen) atoms. The van der Waals surface area contributed by atoms with Crippen LogP contribution in [0.2, 0.25) is 0 Å². The molecule has 1 rings (SSSR count). The van der Waals surface area contributed by atoms with Gasteiger partial charge in [-0.3, -0.25) is 14.9 Å². The maximum absolute atomic E-state index is 11.4. The zero-order valence-corrected chi connectivity index (χ0v) is 11.4. The van der Waals surface area contributed by atoms with Gasteiger partial charge in [0.2, 0.25) is 5.91 Å². The van der Waals surface area contributed by atoms with E-state index in [1.165, 1.54) is 6.92 Å². The molecule has 0 atom stereocenters. The molecule has 1 aromatic carbocycles. The molecule has 0 aromatic heterocycles. The lowest BCUT2D eigenvalue weighted by Gasteiger charge is -2.08. The summed E-state index contributed by atoms with van der Waals surface area (Å²) in [4.78, 5) is 33.3. The molecule has 0 spiro atoms. The van der Waals surface area contributed by atoms with Crippen LogP contribution in [0, 0.1) is 0 Å². The second kappa shape index (κ2) is 7.78. The Morgan fingerprint density at radius 2 is 1.80 bits per heavy atom. The van der Waals surface area contributed by atoms with Crippen LogP contribution in [0.15, 0.2) is 24.3 Å². The molecule has 3 N–H and O–H groups in total. The first-order valence-corrected chi connectivity index (χ1v) is 6.09. The molecule has 0 aliphatic carbocycles. The van der Waals surface area contributed by atoms with Gasteiger partial charge in [-0.05, 0) is 31.2 Å². The molecular weight excluding hydrogens is 262 g/mol. The Kier molecular flexibility index (Phi) is 6.02. The second-order valence-electron chi connectivity index (χ2n) is 3.90. The van der Waals surface area contributed by atoms with Crippen LogP contribution in [0.5, 0.6) is 5.75 Å². The molecule has 7 nitrogen and oxygen atoms in total. The molecule has 0 aliphatic heterocycles. The largest absolute Gasteiger partial charge is 0.484 e. The van der Waals surface area contributed by atoms with E-state index in [9.17, 15) is 14.4 Å². The lowest BCUT2D eigenvalue weighted by atomic mass is 10.3. The quantitative estimate of drug-likeness (QED) is 0.745. The second-order valence-corrected chi connectivity index (χ2v) is 3.90. The number of anilines is 1. The Morgan fingerprint density at radius 3 is 2.35 bits per heavy atom. The molecule has 108 valence electrons. The van der Waals surface area contributed by atoms with Crippen molar-refractivity contribution < 1.29 is 19.1 Å². The molecule has 0 bridgehead atoms. The van der Waals surface area contributed by atoms with Crippen LogP contribution >= 0.6 is 0 Å². The standard InChI is InChI=1S/C13H17N3O4/c1-3-14-13(19)16-12(18)8-20-11-6-4-10(5-7-11)15-9(2)17/h4-7H,3,8H2,1-2H3,(H,15,17)(H2,14,16,18,19). The Balaban J connectivity index is 2.39. The van der Waals surface area contributed by atoms with Gasteiger partial charge in [0.1, 0.15) is 5.75 Å². The molecule has 0 saturated heterocycles. The van der Waals surface area contributed by atoms with Gasteiger partial charge < -0.3 is 15.4 Å². The SMILES string of the molecule is CCNC(=O)NC(=O)COc1ccc(NC(C)=O)cc1. The average molecular weight is 279 g/mol. The van der Waals surface area contributed by atoms with E-state index in [-0.39, 0.29) is 12.5 Å². The number of amides is 4. The molecule has 0 heterocycles. The van der Waals surface area contributed by atoms with Crippen molar-refractivity contribution in [2.45, 2.75) is 13.8 Å². The zero-order valence-electron chi connectivity index (χ0n) is 11.4. The summed E-state index contributed by atoms with van der Waals surface area (Å²) in [7, 11) is 0. The third kappa shape index (κ3) is 5.85. The molecular formula is C13H17N3O4. The molecule has 0 aliphatic rings. The molecule has 0 unspecified atom stereocenters. The van der Waals surface area contributed by atoms with Gasteiger partial charge in [0.05, 0.1) is 0 Å².